The summed E-state index contributed by atoms with van der Waals surface area (Å²) in [6.45, 7) is 0.817. The maximum Gasteiger partial charge on any atom is 0.276 e. The zero-order valence-electron chi connectivity index (χ0n) is 16.3. The van der Waals surface area contributed by atoms with Crippen LogP contribution in [0.1, 0.15) is 42.6 Å². The molecular formula is C21H26N4O3. The van der Waals surface area contributed by atoms with Crippen molar-refractivity contribution in [1.29, 1.82) is 0 Å². The minimum Gasteiger partial charge on any atom is -0.493 e. The van der Waals surface area contributed by atoms with Gasteiger partial charge in [0.25, 0.3) is 5.91 Å². The van der Waals surface area contributed by atoms with Gasteiger partial charge in [-0.25, -0.2) is 0 Å². The van der Waals surface area contributed by atoms with Gasteiger partial charge in [-0.2, -0.15) is 0 Å². The summed E-state index contributed by atoms with van der Waals surface area (Å²) in [6, 6.07) is 8.59. The number of rotatable bonds is 8. The Morgan fingerprint density at radius 2 is 1.93 bits per heavy atom. The molecule has 1 heterocycles. The second-order valence-corrected chi connectivity index (χ2v) is 6.61. The number of methoxy groups -OCH3 is 2. The molecule has 28 heavy (non-hydrogen) atoms. The molecule has 1 aliphatic rings. The topological polar surface area (TPSA) is 85.4 Å². The van der Waals surface area contributed by atoms with E-state index < -0.39 is 0 Å². The Bertz CT molecular complexity index is 834. The van der Waals surface area contributed by atoms with Gasteiger partial charge in [-0.3, -0.25) is 4.79 Å². The fourth-order valence-corrected chi connectivity index (χ4v) is 3.14. The second kappa shape index (κ2) is 9.73. The van der Waals surface area contributed by atoms with Crippen molar-refractivity contribution in [2.75, 3.05) is 31.4 Å². The van der Waals surface area contributed by atoms with Gasteiger partial charge in [0, 0.05) is 18.3 Å². The maximum atomic E-state index is 12.4. The predicted molar refractivity (Wildman–Crippen MR) is 109 cm³/mol. The van der Waals surface area contributed by atoms with Crippen LogP contribution < -0.4 is 20.1 Å². The zero-order chi connectivity index (χ0) is 19.8. The van der Waals surface area contributed by atoms with Gasteiger partial charge in [-0.1, -0.05) is 11.6 Å². The van der Waals surface area contributed by atoms with Gasteiger partial charge >= 0.3 is 0 Å². The van der Waals surface area contributed by atoms with E-state index in [4.69, 9.17) is 9.47 Å². The van der Waals surface area contributed by atoms with E-state index in [2.05, 4.69) is 26.9 Å². The van der Waals surface area contributed by atoms with Crippen molar-refractivity contribution in [2.45, 2.75) is 32.1 Å². The van der Waals surface area contributed by atoms with Crippen molar-refractivity contribution in [2.24, 2.45) is 0 Å². The highest BCUT2D eigenvalue weighted by molar-refractivity contribution is 6.02. The molecular weight excluding hydrogens is 356 g/mol. The standard InChI is InChI=1S/C21H26N4O3/c1-27-18-10-8-16(14-19(18)28-2)23-21(26)17-9-11-20(25-24-17)22-13-12-15-6-4-3-5-7-15/h6,8-11,14H,3-5,7,12-13H2,1-2H3,(H,22,25)(H,23,26). The molecule has 0 saturated heterocycles. The van der Waals surface area contributed by atoms with E-state index >= 15 is 0 Å². The monoisotopic (exact) mass is 382 g/mol. The van der Waals surface area contributed by atoms with Crippen LogP contribution in [0.25, 0.3) is 0 Å². The molecule has 3 rings (SSSR count). The maximum absolute atomic E-state index is 12.4. The van der Waals surface area contributed by atoms with E-state index in [1.807, 2.05) is 0 Å². The van der Waals surface area contributed by atoms with Crippen LogP contribution in [0.3, 0.4) is 0 Å². The molecule has 148 valence electrons. The molecule has 0 spiro atoms. The summed E-state index contributed by atoms with van der Waals surface area (Å²) in [4.78, 5) is 12.4. The third-order valence-electron chi connectivity index (χ3n) is 4.68. The van der Waals surface area contributed by atoms with Crippen molar-refractivity contribution in [3.05, 3.63) is 47.7 Å². The van der Waals surface area contributed by atoms with E-state index in [-0.39, 0.29) is 11.6 Å². The minimum atomic E-state index is -0.335. The second-order valence-electron chi connectivity index (χ2n) is 6.61. The third kappa shape index (κ3) is 5.22. The summed E-state index contributed by atoms with van der Waals surface area (Å²) in [5.74, 6) is 1.47. The molecule has 0 aliphatic heterocycles. The van der Waals surface area contributed by atoms with Crippen LogP contribution in [0.4, 0.5) is 11.5 Å². The van der Waals surface area contributed by atoms with Crippen molar-refractivity contribution >= 4 is 17.4 Å². The van der Waals surface area contributed by atoms with Crippen molar-refractivity contribution < 1.29 is 14.3 Å². The smallest absolute Gasteiger partial charge is 0.276 e. The average Bonchev–Trinajstić information content (AvgIpc) is 2.75. The van der Waals surface area contributed by atoms with Gasteiger partial charge in [0.1, 0.15) is 5.82 Å². The molecule has 2 aromatic rings. The van der Waals surface area contributed by atoms with Gasteiger partial charge in [-0.15, -0.1) is 10.2 Å². The number of nitrogens with one attached hydrogen (secondary N) is 2. The molecule has 7 heteroatoms. The van der Waals surface area contributed by atoms with Crippen LogP contribution in [0, 0.1) is 0 Å². The number of benzene rings is 1. The van der Waals surface area contributed by atoms with E-state index in [0.29, 0.717) is 23.0 Å². The number of amides is 1. The highest BCUT2D eigenvalue weighted by atomic mass is 16.5. The lowest BCUT2D eigenvalue weighted by molar-refractivity contribution is 0.102. The Kier molecular flexibility index (Phi) is 6.84. The highest BCUT2D eigenvalue weighted by Crippen LogP contribution is 2.29. The zero-order valence-corrected chi connectivity index (χ0v) is 16.3. The third-order valence-corrected chi connectivity index (χ3v) is 4.68. The van der Waals surface area contributed by atoms with Crippen LogP contribution >= 0.6 is 0 Å². The number of carbonyl (C=O) groups excluding carboxylic acids is 1. The van der Waals surface area contributed by atoms with Crippen molar-refractivity contribution in [3.63, 3.8) is 0 Å². The van der Waals surface area contributed by atoms with Crippen LogP contribution in [-0.2, 0) is 0 Å². The minimum absolute atomic E-state index is 0.246. The first kappa shape index (κ1) is 19.7. The van der Waals surface area contributed by atoms with Crippen LogP contribution in [0.2, 0.25) is 0 Å². The van der Waals surface area contributed by atoms with Crippen molar-refractivity contribution in [3.8, 4) is 11.5 Å². The molecule has 0 fully saturated rings. The highest BCUT2D eigenvalue weighted by Gasteiger charge is 2.11. The number of allylic oxidation sites excluding steroid dienone is 1. The Morgan fingerprint density at radius 1 is 1.07 bits per heavy atom. The predicted octanol–water partition coefficient (Wildman–Crippen LogP) is 4.05. The average molecular weight is 382 g/mol. The number of hydrogen-bond donors (Lipinski definition) is 2. The van der Waals surface area contributed by atoms with Crippen molar-refractivity contribution in [1.82, 2.24) is 10.2 Å². The Morgan fingerprint density at radius 3 is 2.61 bits per heavy atom. The fraction of sp³-hybridized carbons (Fsp3) is 0.381. The molecule has 0 radical (unpaired) electrons. The van der Waals surface area contributed by atoms with Gasteiger partial charge in [0.15, 0.2) is 17.2 Å². The summed E-state index contributed by atoms with van der Waals surface area (Å²) in [7, 11) is 3.11. The fourth-order valence-electron chi connectivity index (χ4n) is 3.14. The number of aromatic nitrogens is 2. The quantitative estimate of drug-likeness (QED) is 0.670. The van der Waals surface area contributed by atoms with E-state index in [0.717, 1.165) is 13.0 Å². The van der Waals surface area contributed by atoms with E-state index in [1.165, 1.54) is 31.3 Å². The summed E-state index contributed by atoms with van der Waals surface area (Å²) >= 11 is 0. The normalized spacial score (nSPS) is 13.4. The Balaban J connectivity index is 1.54. The number of anilines is 2. The Hall–Kier alpha value is -3.09. The van der Waals surface area contributed by atoms with E-state index in [9.17, 15) is 4.79 Å². The SMILES string of the molecule is COc1ccc(NC(=O)c2ccc(NCCC3=CCCCC3)nn2)cc1OC. The summed E-state index contributed by atoms with van der Waals surface area (Å²) < 4.78 is 10.4. The first-order valence-electron chi connectivity index (χ1n) is 9.48. The summed E-state index contributed by atoms with van der Waals surface area (Å²) in [5.41, 5.74) is 2.35. The van der Waals surface area contributed by atoms with Gasteiger partial charge in [0.05, 0.1) is 14.2 Å². The molecule has 0 unspecified atom stereocenters. The van der Waals surface area contributed by atoms with Gasteiger partial charge in [0.2, 0.25) is 0 Å². The lowest BCUT2D eigenvalue weighted by atomic mass is 9.97. The molecule has 1 aromatic carbocycles. The van der Waals surface area contributed by atoms with E-state index in [1.54, 1.807) is 44.6 Å². The number of ether oxygens (including phenoxy) is 2. The number of carbonyl (C=O) groups is 1. The van der Waals surface area contributed by atoms with Crippen LogP contribution in [0.15, 0.2) is 42.0 Å². The molecule has 1 aliphatic carbocycles. The lowest BCUT2D eigenvalue weighted by Crippen LogP contribution is -2.15. The number of hydrogen-bond acceptors (Lipinski definition) is 6. The van der Waals surface area contributed by atoms with Gasteiger partial charge < -0.3 is 20.1 Å². The molecule has 0 atom stereocenters. The molecule has 2 N–H and O–H groups in total. The molecule has 7 nitrogen and oxygen atoms in total. The summed E-state index contributed by atoms with van der Waals surface area (Å²) in [6.07, 6.45) is 8.34. The number of nitrogens with zero attached hydrogens (tertiary/aromatic N) is 2. The molecule has 1 aromatic heterocycles. The summed E-state index contributed by atoms with van der Waals surface area (Å²) in [5, 5.41) is 14.2. The van der Waals surface area contributed by atoms with Crippen LogP contribution in [-0.4, -0.2) is 36.9 Å². The molecule has 1 amide bonds. The van der Waals surface area contributed by atoms with Gasteiger partial charge in [-0.05, 0) is 56.4 Å². The Labute approximate surface area is 165 Å². The largest absolute Gasteiger partial charge is 0.493 e. The first-order valence-corrected chi connectivity index (χ1v) is 9.48. The lowest BCUT2D eigenvalue weighted by Gasteiger charge is -2.13. The molecule has 0 bridgehead atoms. The van der Waals surface area contributed by atoms with Crippen LogP contribution in [0.5, 0.6) is 11.5 Å². The first-order chi connectivity index (χ1) is 13.7. The molecule has 0 saturated carbocycles.